The van der Waals surface area contributed by atoms with Gasteiger partial charge in [0.2, 0.25) is 11.8 Å². The fourth-order valence-electron chi connectivity index (χ4n) is 4.55. The second kappa shape index (κ2) is 14.2. The molecule has 0 aliphatic carbocycles. The quantitative estimate of drug-likeness (QED) is 0.306. The number of ether oxygens (including phenoxy) is 2. The van der Waals surface area contributed by atoms with Gasteiger partial charge >= 0.3 is 0 Å². The van der Waals surface area contributed by atoms with E-state index in [1.807, 2.05) is 45.0 Å². The molecule has 0 bridgehead atoms. The van der Waals surface area contributed by atoms with Crippen LogP contribution >= 0.6 is 0 Å². The molecule has 2 amide bonds. The lowest BCUT2D eigenvalue weighted by atomic mass is 10.1. The topological polar surface area (TPSA) is 105 Å². The number of benzene rings is 3. The van der Waals surface area contributed by atoms with E-state index in [0.29, 0.717) is 12.2 Å². The van der Waals surface area contributed by atoms with Crippen molar-refractivity contribution in [3.63, 3.8) is 0 Å². The van der Waals surface area contributed by atoms with Gasteiger partial charge in [-0.1, -0.05) is 36.8 Å². The van der Waals surface area contributed by atoms with Crippen molar-refractivity contribution in [1.29, 1.82) is 0 Å². The molecule has 0 spiro atoms. The number of halogens is 1. The first-order chi connectivity index (χ1) is 19.9. The van der Waals surface area contributed by atoms with Crippen molar-refractivity contribution in [3.05, 3.63) is 83.7 Å². The molecule has 0 unspecified atom stereocenters. The number of hydrogen-bond acceptors (Lipinski definition) is 6. The van der Waals surface area contributed by atoms with Crippen LogP contribution in [0.15, 0.2) is 71.6 Å². The lowest BCUT2D eigenvalue weighted by Gasteiger charge is -2.33. The molecule has 226 valence electrons. The molecule has 0 heterocycles. The average molecular weight is 600 g/mol. The summed E-state index contributed by atoms with van der Waals surface area (Å²) in [5.41, 5.74) is 1.84. The van der Waals surface area contributed by atoms with E-state index in [4.69, 9.17) is 9.47 Å². The second-order valence-corrected chi connectivity index (χ2v) is 12.0. The zero-order chi connectivity index (χ0) is 31.0. The highest BCUT2D eigenvalue weighted by atomic mass is 32.2. The first-order valence-corrected chi connectivity index (χ1v) is 15.0. The number of carbonyl (C=O) groups excluding carboxylic acids is 2. The lowest BCUT2D eigenvalue weighted by Crippen LogP contribution is -2.53. The summed E-state index contributed by atoms with van der Waals surface area (Å²) >= 11 is 0. The maximum absolute atomic E-state index is 14.1. The van der Waals surface area contributed by atoms with Crippen LogP contribution in [-0.2, 0) is 26.2 Å². The van der Waals surface area contributed by atoms with E-state index in [2.05, 4.69) is 5.32 Å². The van der Waals surface area contributed by atoms with Gasteiger partial charge in [0.05, 0.1) is 24.8 Å². The van der Waals surface area contributed by atoms with Gasteiger partial charge in [-0.15, -0.1) is 0 Å². The van der Waals surface area contributed by atoms with Crippen LogP contribution in [0.3, 0.4) is 0 Å². The highest BCUT2D eigenvalue weighted by Gasteiger charge is 2.34. The lowest BCUT2D eigenvalue weighted by molar-refractivity contribution is -0.140. The standard InChI is InChI=1S/C31H38FN3O6S/c1-7-27(31(37)33-21(2)3)34(19-23-10-8-9-22(4)17-23)30(36)20-35(25-13-11-24(32)12-14-25)42(38,39)26-15-16-28(40-5)29(18-26)41-6/h8-18,21,27H,7,19-20H2,1-6H3,(H,33,37)/t27-/m1/s1. The summed E-state index contributed by atoms with van der Waals surface area (Å²) in [6.07, 6.45) is 0.301. The van der Waals surface area contributed by atoms with Crippen molar-refractivity contribution in [2.75, 3.05) is 25.1 Å². The van der Waals surface area contributed by atoms with Gasteiger partial charge in [-0.3, -0.25) is 13.9 Å². The Hall–Kier alpha value is -4.12. The molecule has 0 aliphatic heterocycles. The normalized spacial score (nSPS) is 12.0. The average Bonchev–Trinajstić information content (AvgIpc) is 2.95. The summed E-state index contributed by atoms with van der Waals surface area (Å²) in [6, 6.07) is 15.4. The van der Waals surface area contributed by atoms with Crippen molar-refractivity contribution < 1.29 is 31.9 Å². The molecule has 42 heavy (non-hydrogen) atoms. The maximum Gasteiger partial charge on any atom is 0.264 e. The molecular weight excluding hydrogens is 561 g/mol. The van der Waals surface area contributed by atoms with E-state index in [1.54, 1.807) is 6.92 Å². The molecule has 0 aromatic heterocycles. The minimum absolute atomic E-state index is 0.0784. The summed E-state index contributed by atoms with van der Waals surface area (Å²) in [4.78, 5) is 28.6. The van der Waals surface area contributed by atoms with Crippen molar-refractivity contribution >= 4 is 27.5 Å². The van der Waals surface area contributed by atoms with Crippen LogP contribution < -0.4 is 19.1 Å². The van der Waals surface area contributed by atoms with Crippen LogP contribution in [0, 0.1) is 12.7 Å². The molecule has 3 rings (SSSR count). The Kier molecular flexibility index (Phi) is 10.9. The Morgan fingerprint density at radius 2 is 1.62 bits per heavy atom. The van der Waals surface area contributed by atoms with Gasteiger partial charge in [0, 0.05) is 18.7 Å². The highest BCUT2D eigenvalue weighted by Crippen LogP contribution is 2.32. The molecule has 1 N–H and O–H groups in total. The van der Waals surface area contributed by atoms with Crippen molar-refractivity contribution in [1.82, 2.24) is 10.2 Å². The van der Waals surface area contributed by atoms with Crippen LogP contribution in [0.5, 0.6) is 11.5 Å². The largest absolute Gasteiger partial charge is 0.493 e. The van der Waals surface area contributed by atoms with Gasteiger partial charge in [0.1, 0.15) is 18.4 Å². The predicted molar refractivity (Wildman–Crippen MR) is 160 cm³/mol. The van der Waals surface area contributed by atoms with Gasteiger partial charge in [-0.2, -0.15) is 0 Å². The summed E-state index contributed by atoms with van der Waals surface area (Å²) in [5, 5.41) is 2.86. The zero-order valence-corrected chi connectivity index (χ0v) is 25.6. The van der Waals surface area contributed by atoms with Crippen LogP contribution in [0.1, 0.15) is 38.3 Å². The maximum atomic E-state index is 14.1. The Bertz CT molecular complexity index is 1490. The van der Waals surface area contributed by atoms with Gasteiger partial charge in [-0.05, 0) is 69.2 Å². The van der Waals surface area contributed by atoms with Crippen molar-refractivity contribution in [2.45, 2.75) is 57.6 Å². The molecule has 0 radical (unpaired) electrons. The molecule has 0 aliphatic rings. The monoisotopic (exact) mass is 599 g/mol. The summed E-state index contributed by atoms with van der Waals surface area (Å²) in [5.74, 6) is -1.00. The summed E-state index contributed by atoms with van der Waals surface area (Å²) in [7, 11) is -1.57. The Morgan fingerprint density at radius 3 is 2.19 bits per heavy atom. The number of rotatable bonds is 13. The predicted octanol–water partition coefficient (Wildman–Crippen LogP) is 4.68. The number of sulfonamides is 1. The van der Waals surface area contributed by atoms with Crippen LogP contribution in [0.4, 0.5) is 10.1 Å². The van der Waals surface area contributed by atoms with Gasteiger partial charge in [0.25, 0.3) is 10.0 Å². The van der Waals surface area contributed by atoms with E-state index in [9.17, 15) is 22.4 Å². The Morgan fingerprint density at radius 1 is 0.952 bits per heavy atom. The van der Waals surface area contributed by atoms with Crippen LogP contribution in [0.25, 0.3) is 0 Å². The third-order valence-electron chi connectivity index (χ3n) is 6.59. The fraction of sp³-hybridized carbons (Fsp3) is 0.355. The Labute approximate surface area is 247 Å². The minimum atomic E-state index is -4.38. The Balaban J connectivity index is 2.10. The van der Waals surface area contributed by atoms with Crippen molar-refractivity contribution in [2.24, 2.45) is 0 Å². The third-order valence-corrected chi connectivity index (χ3v) is 8.36. The van der Waals surface area contributed by atoms with Crippen LogP contribution in [0.2, 0.25) is 0 Å². The molecule has 3 aromatic rings. The van der Waals surface area contributed by atoms with Crippen LogP contribution in [-0.4, -0.2) is 58.0 Å². The molecule has 3 aromatic carbocycles. The number of amides is 2. The smallest absolute Gasteiger partial charge is 0.264 e. The second-order valence-electron chi connectivity index (χ2n) is 10.1. The number of nitrogens with zero attached hydrogens (tertiary/aromatic N) is 2. The van der Waals surface area contributed by atoms with E-state index in [0.717, 1.165) is 27.6 Å². The minimum Gasteiger partial charge on any atom is -0.493 e. The van der Waals surface area contributed by atoms with Gasteiger partial charge in [0.15, 0.2) is 11.5 Å². The molecule has 1 atom stereocenters. The third kappa shape index (κ3) is 7.79. The number of methoxy groups -OCH3 is 2. The number of nitrogens with one attached hydrogen (secondary N) is 1. The van der Waals surface area contributed by atoms with E-state index in [-0.39, 0.29) is 34.8 Å². The summed E-state index contributed by atoms with van der Waals surface area (Å²) < 4.78 is 53.4. The first-order valence-electron chi connectivity index (χ1n) is 13.6. The molecule has 0 saturated heterocycles. The zero-order valence-electron chi connectivity index (χ0n) is 24.8. The molecule has 11 heteroatoms. The SMILES string of the molecule is CC[C@H](C(=O)NC(C)C)N(Cc1cccc(C)c1)C(=O)CN(c1ccc(F)cc1)S(=O)(=O)c1ccc(OC)c(OC)c1. The van der Waals surface area contributed by atoms with E-state index in [1.165, 1.54) is 49.5 Å². The van der Waals surface area contributed by atoms with E-state index >= 15 is 0 Å². The number of aryl methyl sites for hydroxylation is 1. The van der Waals surface area contributed by atoms with Gasteiger partial charge < -0.3 is 19.7 Å². The van der Waals surface area contributed by atoms with E-state index < -0.39 is 34.3 Å². The number of carbonyl (C=O) groups is 2. The summed E-state index contributed by atoms with van der Waals surface area (Å²) in [6.45, 7) is 6.80. The number of anilines is 1. The number of hydrogen-bond donors (Lipinski definition) is 1. The molecule has 9 nitrogen and oxygen atoms in total. The molecular formula is C31H38FN3O6S. The van der Waals surface area contributed by atoms with Gasteiger partial charge in [-0.25, -0.2) is 12.8 Å². The molecule has 0 fully saturated rings. The van der Waals surface area contributed by atoms with Crippen molar-refractivity contribution in [3.8, 4) is 11.5 Å². The molecule has 0 saturated carbocycles. The fourth-order valence-corrected chi connectivity index (χ4v) is 5.98. The highest BCUT2D eigenvalue weighted by molar-refractivity contribution is 7.92. The first kappa shape index (κ1) is 32.4.